The van der Waals surface area contributed by atoms with Gasteiger partial charge in [0.15, 0.2) is 0 Å². The minimum Gasteiger partial charge on any atom is -0.510 e. The largest absolute Gasteiger partial charge is 0.510 e. The second kappa shape index (κ2) is 15.6. The zero-order valence-corrected chi connectivity index (χ0v) is 15.7. The Bertz CT molecular complexity index is 350. The molecule has 0 spiro atoms. The first-order valence-electron chi connectivity index (χ1n) is 9.72. The highest BCUT2D eigenvalue weighted by atomic mass is 16.3. The van der Waals surface area contributed by atoms with Gasteiger partial charge in [0.05, 0.1) is 6.61 Å². The number of ketones is 1. The van der Waals surface area contributed by atoms with Gasteiger partial charge in [-0.25, -0.2) is 0 Å². The van der Waals surface area contributed by atoms with Crippen LogP contribution in [0.4, 0.5) is 0 Å². The molecular formula is C20H38O4. The van der Waals surface area contributed by atoms with Gasteiger partial charge in [0.1, 0.15) is 17.6 Å². The standard InChI is InChI=1S/C20H38O4/c1-3-4-5-6-7-8-9-10-11-12-13-14-18(22)15-17(2)20(24)19(23)16-21/h19,21,23-24H,3-16H2,1-2H3/b20-17+. The van der Waals surface area contributed by atoms with Gasteiger partial charge in [-0.3, -0.25) is 4.79 Å². The molecule has 0 saturated heterocycles. The van der Waals surface area contributed by atoms with E-state index in [0.29, 0.717) is 12.0 Å². The summed E-state index contributed by atoms with van der Waals surface area (Å²) in [5.74, 6) is -0.190. The molecule has 0 saturated carbocycles. The van der Waals surface area contributed by atoms with Crippen LogP contribution in [0, 0.1) is 0 Å². The van der Waals surface area contributed by atoms with Gasteiger partial charge in [-0.2, -0.15) is 0 Å². The van der Waals surface area contributed by atoms with Crippen molar-refractivity contribution >= 4 is 5.78 Å². The molecule has 0 heterocycles. The molecule has 4 heteroatoms. The van der Waals surface area contributed by atoms with E-state index in [-0.39, 0.29) is 18.0 Å². The van der Waals surface area contributed by atoms with Crippen LogP contribution in [0.2, 0.25) is 0 Å². The maximum absolute atomic E-state index is 11.8. The molecular weight excluding hydrogens is 304 g/mol. The number of aliphatic hydroxyl groups excluding tert-OH is 3. The highest BCUT2D eigenvalue weighted by Crippen LogP contribution is 2.15. The summed E-state index contributed by atoms with van der Waals surface area (Å²) >= 11 is 0. The first-order valence-corrected chi connectivity index (χ1v) is 9.72. The zero-order valence-electron chi connectivity index (χ0n) is 15.7. The van der Waals surface area contributed by atoms with Gasteiger partial charge >= 0.3 is 0 Å². The van der Waals surface area contributed by atoms with Gasteiger partial charge in [-0.15, -0.1) is 0 Å². The summed E-state index contributed by atoms with van der Waals surface area (Å²) in [7, 11) is 0. The number of hydrogen-bond acceptors (Lipinski definition) is 4. The monoisotopic (exact) mass is 342 g/mol. The minimum absolute atomic E-state index is 0.0834. The summed E-state index contributed by atoms with van der Waals surface area (Å²) in [6.45, 7) is 3.33. The van der Waals surface area contributed by atoms with Crippen molar-refractivity contribution in [3.05, 3.63) is 11.3 Å². The van der Waals surface area contributed by atoms with Crippen LogP contribution < -0.4 is 0 Å². The molecule has 1 atom stereocenters. The van der Waals surface area contributed by atoms with E-state index in [1.165, 1.54) is 57.8 Å². The summed E-state index contributed by atoms with van der Waals surface area (Å²) in [5, 5.41) is 27.7. The van der Waals surface area contributed by atoms with E-state index in [4.69, 9.17) is 5.11 Å². The van der Waals surface area contributed by atoms with Gasteiger partial charge in [0.2, 0.25) is 0 Å². The Labute approximate surface area is 148 Å². The quantitative estimate of drug-likeness (QED) is 0.277. The fourth-order valence-corrected chi connectivity index (χ4v) is 2.83. The van der Waals surface area contributed by atoms with Crippen molar-refractivity contribution < 1.29 is 20.1 Å². The molecule has 0 radical (unpaired) electrons. The summed E-state index contributed by atoms with van der Waals surface area (Å²) in [5.41, 5.74) is 0.449. The van der Waals surface area contributed by atoms with Gasteiger partial charge in [-0.1, -0.05) is 71.1 Å². The van der Waals surface area contributed by atoms with Crippen molar-refractivity contribution in [2.45, 2.75) is 103 Å². The molecule has 0 aliphatic carbocycles. The van der Waals surface area contributed by atoms with E-state index in [1.54, 1.807) is 6.92 Å². The number of carbonyl (C=O) groups excluding carboxylic acids is 1. The molecule has 1 unspecified atom stereocenters. The van der Waals surface area contributed by atoms with Crippen LogP contribution in [-0.4, -0.2) is 33.8 Å². The van der Waals surface area contributed by atoms with Crippen LogP contribution in [0.5, 0.6) is 0 Å². The maximum atomic E-state index is 11.8. The maximum Gasteiger partial charge on any atom is 0.137 e. The van der Waals surface area contributed by atoms with Crippen LogP contribution in [0.3, 0.4) is 0 Å². The molecule has 0 bridgehead atoms. The third-order valence-corrected chi connectivity index (χ3v) is 4.45. The second-order valence-electron chi connectivity index (χ2n) is 6.86. The fraction of sp³-hybridized carbons (Fsp3) is 0.850. The van der Waals surface area contributed by atoms with Crippen LogP contribution in [0.15, 0.2) is 11.3 Å². The number of unbranched alkanes of at least 4 members (excludes halogenated alkanes) is 10. The van der Waals surface area contributed by atoms with Crippen LogP contribution in [0.1, 0.15) is 97.3 Å². The SMILES string of the molecule is CCCCCCCCCCCCCC(=O)C/C(C)=C(/O)C(O)CO. The molecule has 24 heavy (non-hydrogen) atoms. The Morgan fingerprint density at radius 3 is 1.79 bits per heavy atom. The molecule has 0 aliphatic heterocycles. The predicted molar refractivity (Wildman–Crippen MR) is 99.1 cm³/mol. The lowest BCUT2D eigenvalue weighted by molar-refractivity contribution is -0.118. The summed E-state index contributed by atoms with van der Waals surface area (Å²) in [6, 6.07) is 0. The van der Waals surface area contributed by atoms with Gasteiger partial charge in [0.25, 0.3) is 0 Å². The first-order chi connectivity index (χ1) is 11.5. The fourth-order valence-electron chi connectivity index (χ4n) is 2.83. The molecule has 0 aromatic carbocycles. The molecule has 3 N–H and O–H groups in total. The minimum atomic E-state index is -1.28. The number of carbonyl (C=O) groups is 1. The molecule has 0 rings (SSSR count). The normalized spacial score (nSPS) is 13.7. The van der Waals surface area contributed by atoms with Crippen molar-refractivity contribution in [2.75, 3.05) is 6.61 Å². The Kier molecular flexibility index (Phi) is 15.1. The molecule has 4 nitrogen and oxygen atoms in total. The third-order valence-electron chi connectivity index (χ3n) is 4.45. The Balaban J connectivity index is 3.56. The lowest BCUT2D eigenvalue weighted by Gasteiger charge is -2.10. The highest BCUT2D eigenvalue weighted by molar-refractivity contribution is 5.80. The molecule has 0 amide bonds. The molecule has 0 aromatic heterocycles. The number of aliphatic hydroxyl groups is 3. The first kappa shape index (κ1) is 23.1. The van der Waals surface area contributed by atoms with Crippen molar-refractivity contribution in [1.29, 1.82) is 0 Å². The number of allylic oxidation sites excluding steroid dienone is 1. The van der Waals surface area contributed by atoms with E-state index < -0.39 is 12.7 Å². The van der Waals surface area contributed by atoms with Crippen molar-refractivity contribution in [1.82, 2.24) is 0 Å². The topological polar surface area (TPSA) is 77.8 Å². The van der Waals surface area contributed by atoms with Crippen LogP contribution in [0.25, 0.3) is 0 Å². The lowest BCUT2D eigenvalue weighted by Crippen LogP contribution is -2.17. The highest BCUT2D eigenvalue weighted by Gasteiger charge is 2.13. The number of hydrogen-bond donors (Lipinski definition) is 3. The smallest absolute Gasteiger partial charge is 0.137 e. The van der Waals surface area contributed by atoms with Crippen LogP contribution >= 0.6 is 0 Å². The number of rotatable bonds is 16. The van der Waals surface area contributed by atoms with Gasteiger partial charge < -0.3 is 15.3 Å². The summed E-state index contributed by atoms with van der Waals surface area (Å²) in [6.07, 6.45) is 13.2. The predicted octanol–water partition coefficient (Wildman–Crippen LogP) is 4.83. The van der Waals surface area contributed by atoms with Gasteiger partial charge in [0, 0.05) is 12.8 Å². The van der Waals surface area contributed by atoms with Crippen molar-refractivity contribution in [2.24, 2.45) is 0 Å². The molecule has 142 valence electrons. The van der Waals surface area contributed by atoms with E-state index >= 15 is 0 Å². The molecule has 0 aliphatic rings. The average Bonchev–Trinajstić information content (AvgIpc) is 2.58. The Morgan fingerprint density at radius 1 is 0.875 bits per heavy atom. The van der Waals surface area contributed by atoms with Crippen LogP contribution in [-0.2, 0) is 4.79 Å². The Morgan fingerprint density at radius 2 is 1.33 bits per heavy atom. The second-order valence-corrected chi connectivity index (χ2v) is 6.86. The Hall–Kier alpha value is -0.870. The van der Waals surface area contributed by atoms with E-state index in [1.807, 2.05) is 0 Å². The van der Waals surface area contributed by atoms with E-state index in [0.717, 1.165) is 12.8 Å². The molecule has 0 aromatic rings. The van der Waals surface area contributed by atoms with E-state index in [2.05, 4.69) is 6.92 Å². The van der Waals surface area contributed by atoms with Gasteiger partial charge in [-0.05, 0) is 18.9 Å². The summed E-state index contributed by atoms with van der Waals surface area (Å²) in [4.78, 5) is 11.8. The van der Waals surface area contributed by atoms with Crippen molar-refractivity contribution in [3.63, 3.8) is 0 Å². The molecule has 0 fully saturated rings. The third kappa shape index (κ3) is 12.5. The number of Topliss-reactive ketones (excluding diaryl/α,β-unsaturated/α-hetero) is 1. The van der Waals surface area contributed by atoms with Crippen molar-refractivity contribution in [3.8, 4) is 0 Å². The zero-order chi connectivity index (χ0) is 18.2. The van der Waals surface area contributed by atoms with E-state index in [9.17, 15) is 15.0 Å². The lowest BCUT2D eigenvalue weighted by atomic mass is 10.0. The average molecular weight is 343 g/mol. The summed E-state index contributed by atoms with van der Waals surface area (Å²) < 4.78 is 0.